The molecule has 13 heteroatoms. The molecular weight excluding hydrogens is 777 g/mol. The van der Waals surface area contributed by atoms with E-state index in [9.17, 15) is 14.4 Å². The highest BCUT2D eigenvalue weighted by Crippen LogP contribution is 2.59. The lowest BCUT2D eigenvalue weighted by Gasteiger charge is -2.35. The van der Waals surface area contributed by atoms with E-state index in [0.29, 0.717) is 52.7 Å². The average molecular weight is 830 g/mol. The van der Waals surface area contributed by atoms with Crippen LogP contribution in [-0.4, -0.2) is 71.9 Å². The normalized spacial score (nSPS) is 23.5. The minimum atomic E-state index is -3.25. The van der Waals surface area contributed by atoms with Gasteiger partial charge in [0.15, 0.2) is 0 Å². The second-order valence-electron chi connectivity index (χ2n) is 19.5. The quantitative estimate of drug-likeness (QED) is 0.143. The summed E-state index contributed by atoms with van der Waals surface area (Å²) < 4.78 is 39.0. The number of fused-ring (bicyclic) bond motifs is 6. The number of carbonyl (C=O) groups is 3. The molecule has 4 fully saturated rings. The van der Waals surface area contributed by atoms with Gasteiger partial charge >= 0.3 is 6.09 Å². The Balaban J connectivity index is 0.901. The molecule has 2 aromatic heterocycles. The Morgan fingerprint density at radius 1 is 0.934 bits per heavy atom. The highest BCUT2D eigenvalue weighted by atomic mass is 19.3. The molecule has 2 aliphatic heterocycles. The van der Waals surface area contributed by atoms with E-state index in [4.69, 9.17) is 14.7 Å². The zero-order valence-electron chi connectivity index (χ0n) is 35.6. The van der Waals surface area contributed by atoms with Crippen LogP contribution in [0.1, 0.15) is 121 Å². The molecule has 5 atom stereocenters. The van der Waals surface area contributed by atoms with E-state index in [2.05, 4.69) is 15.3 Å². The summed E-state index contributed by atoms with van der Waals surface area (Å²) in [6.07, 6.45) is 7.37. The van der Waals surface area contributed by atoms with Crippen LogP contribution in [0.2, 0.25) is 0 Å². The monoisotopic (exact) mass is 829 g/mol. The van der Waals surface area contributed by atoms with Gasteiger partial charge in [-0.1, -0.05) is 51.1 Å². The molecular formula is C48H53F2N7O4. The number of likely N-dealkylation sites (tertiary alicyclic amines) is 2. The van der Waals surface area contributed by atoms with E-state index in [1.807, 2.05) is 74.8 Å². The van der Waals surface area contributed by atoms with E-state index in [0.717, 1.165) is 60.9 Å². The number of alkyl halides is 2. The number of imidazole rings is 2. The fraction of sp³-hybridized carbons (Fsp3) is 0.479. The first-order valence-electron chi connectivity index (χ1n) is 21.9. The number of nitrogens with one attached hydrogen (secondary N) is 3. The number of hydrogen-bond acceptors (Lipinski definition) is 6. The molecule has 2 saturated heterocycles. The van der Waals surface area contributed by atoms with E-state index in [1.54, 1.807) is 37.4 Å². The van der Waals surface area contributed by atoms with Gasteiger partial charge in [-0.05, 0) is 123 Å². The van der Waals surface area contributed by atoms with Crippen molar-refractivity contribution in [3.05, 3.63) is 83.6 Å². The van der Waals surface area contributed by atoms with Crippen molar-refractivity contribution in [1.29, 1.82) is 0 Å². The topological polar surface area (TPSA) is 136 Å². The third-order valence-electron chi connectivity index (χ3n) is 13.8. The lowest BCUT2D eigenvalue weighted by Crippen LogP contribution is -2.51. The summed E-state index contributed by atoms with van der Waals surface area (Å²) in [5.74, 6) is -1.99. The Morgan fingerprint density at radius 3 is 2.31 bits per heavy atom. The zero-order valence-corrected chi connectivity index (χ0v) is 35.6. The number of aromatic amines is 2. The molecule has 318 valence electrons. The highest BCUT2D eigenvalue weighted by molar-refractivity contribution is 5.89. The molecule has 0 radical (unpaired) electrons. The molecule has 5 aliphatic rings. The van der Waals surface area contributed by atoms with Gasteiger partial charge in [-0.3, -0.25) is 14.5 Å². The third-order valence-corrected chi connectivity index (χ3v) is 13.8. The van der Waals surface area contributed by atoms with Crippen molar-refractivity contribution in [1.82, 2.24) is 35.1 Å². The van der Waals surface area contributed by atoms with Gasteiger partial charge in [0.25, 0.3) is 5.92 Å². The van der Waals surface area contributed by atoms with Crippen molar-refractivity contribution in [2.45, 2.75) is 122 Å². The van der Waals surface area contributed by atoms with E-state index >= 15 is 8.78 Å². The standard InChI is InChI=1S/C48H53F2N7O4/c1-7-39(58)55-40(25(2)3)44(59)56-24-47(16-17-47)22-38(56)42-51-23-37(54-42)28-10-14-32-31-13-9-26(19-33(31)48(49,50)34(32)20-28)27-11-15-35-36(21-27)53-43(52-35)41-29-8-12-30(18-29)57(41)45(60)61-46(4,5)6/h9-11,13-15,19-21,23,25,29-30,38,40-41H,7-8,12,16-18,22,24H2,1-6H3,(H,51,54)(H,52,53)(H,55,58)/t29-,30+,38-,40+,41-/m0/s1. The Kier molecular flexibility index (Phi) is 9.05. The van der Waals surface area contributed by atoms with Gasteiger partial charge < -0.3 is 24.9 Å². The summed E-state index contributed by atoms with van der Waals surface area (Å²) >= 11 is 0. The molecule has 3 aliphatic carbocycles. The molecule has 0 unspecified atom stereocenters. The number of rotatable bonds is 8. The van der Waals surface area contributed by atoms with Crippen LogP contribution in [0, 0.1) is 17.3 Å². The van der Waals surface area contributed by atoms with Crippen LogP contribution in [-0.2, 0) is 20.2 Å². The Hall–Kier alpha value is -5.59. The number of nitrogens with zero attached hydrogens (tertiary/aromatic N) is 4. The first-order chi connectivity index (χ1) is 29.0. The van der Waals surface area contributed by atoms with Crippen molar-refractivity contribution in [2.75, 3.05) is 6.54 Å². The molecule has 3 aromatic carbocycles. The van der Waals surface area contributed by atoms with E-state index in [1.165, 1.54) is 0 Å². The summed E-state index contributed by atoms with van der Waals surface area (Å²) in [4.78, 5) is 60.0. The van der Waals surface area contributed by atoms with Crippen LogP contribution in [0.3, 0.4) is 0 Å². The summed E-state index contributed by atoms with van der Waals surface area (Å²) in [7, 11) is 0. The van der Waals surface area contributed by atoms with Crippen LogP contribution in [0.4, 0.5) is 13.6 Å². The van der Waals surface area contributed by atoms with Crippen molar-refractivity contribution < 1.29 is 27.9 Å². The fourth-order valence-electron chi connectivity index (χ4n) is 10.5. The summed E-state index contributed by atoms with van der Waals surface area (Å²) in [6, 6.07) is 15.1. The lowest BCUT2D eigenvalue weighted by atomic mass is 9.98. The zero-order chi connectivity index (χ0) is 42.7. The highest BCUT2D eigenvalue weighted by Gasteiger charge is 2.55. The summed E-state index contributed by atoms with van der Waals surface area (Å²) in [5.41, 5.74) is 4.46. The van der Waals surface area contributed by atoms with Crippen LogP contribution >= 0.6 is 0 Å². The molecule has 61 heavy (non-hydrogen) atoms. The maximum atomic E-state index is 16.6. The maximum absolute atomic E-state index is 16.6. The van der Waals surface area contributed by atoms with Crippen LogP contribution in [0.25, 0.3) is 44.5 Å². The summed E-state index contributed by atoms with van der Waals surface area (Å²) in [6.45, 7) is 11.9. The Bertz CT molecular complexity index is 2600. The number of ether oxygens (including phenoxy) is 1. The average Bonchev–Trinajstić information content (AvgIpc) is 3.87. The minimum absolute atomic E-state index is 0.0486. The number of aromatic nitrogens is 4. The Morgan fingerprint density at radius 2 is 1.62 bits per heavy atom. The first kappa shape index (κ1) is 39.5. The number of benzene rings is 3. The van der Waals surface area contributed by atoms with Crippen molar-refractivity contribution in [3.8, 4) is 33.5 Å². The number of carbonyl (C=O) groups excluding carboxylic acids is 3. The van der Waals surface area contributed by atoms with Gasteiger partial charge in [-0.2, -0.15) is 8.78 Å². The third kappa shape index (κ3) is 6.69. The van der Waals surface area contributed by atoms with Crippen LogP contribution in [0.5, 0.6) is 0 Å². The van der Waals surface area contributed by atoms with Crippen molar-refractivity contribution >= 4 is 28.9 Å². The van der Waals surface area contributed by atoms with Gasteiger partial charge in [0, 0.05) is 35.7 Å². The van der Waals surface area contributed by atoms with Crippen molar-refractivity contribution in [3.63, 3.8) is 0 Å². The molecule has 4 heterocycles. The number of hydrogen-bond donors (Lipinski definition) is 3. The van der Waals surface area contributed by atoms with Gasteiger partial charge in [-0.15, -0.1) is 0 Å². The SMILES string of the molecule is CCC(=O)N[C@@H](C(=O)N1CC2(CC2)C[C@H]1c1ncc(-c2ccc3c(c2)C(F)(F)c2cc(-c4ccc5nc([C@@H]6[C@H]7CC[C@H](C7)N6C(=O)OC(C)(C)C)[nH]c5c4)ccc2-3)[nH]1)C(C)C. The lowest BCUT2D eigenvalue weighted by molar-refractivity contribution is -0.138. The largest absolute Gasteiger partial charge is 0.444 e. The molecule has 5 aromatic rings. The number of piperidine rings is 1. The molecule has 3 N–H and O–H groups in total. The molecule has 11 nitrogen and oxygen atoms in total. The van der Waals surface area contributed by atoms with Gasteiger partial charge in [0.2, 0.25) is 11.8 Å². The van der Waals surface area contributed by atoms with Gasteiger partial charge in [0.05, 0.1) is 35.0 Å². The fourth-order valence-corrected chi connectivity index (χ4v) is 10.5. The number of H-pyrrole nitrogens is 2. The Labute approximate surface area is 354 Å². The summed E-state index contributed by atoms with van der Waals surface area (Å²) in [5, 5.41) is 2.93. The van der Waals surface area contributed by atoms with E-state index in [-0.39, 0.29) is 58.5 Å². The maximum Gasteiger partial charge on any atom is 0.411 e. The second-order valence-corrected chi connectivity index (χ2v) is 19.5. The van der Waals surface area contributed by atoms with E-state index < -0.39 is 17.6 Å². The first-order valence-corrected chi connectivity index (χ1v) is 21.9. The number of amides is 3. The van der Waals surface area contributed by atoms with Gasteiger partial charge in [0.1, 0.15) is 23.3 Å². The molecule has 1 spiro atoms. The second kappa shape index (κ2) is 14.0. The molecule has 2 bridgehead atoms. The molecule has 10 rings (SSSR count). The predicted octanol–water partition coefficient (Wildman–Crippen LogP) is 9.81. The number of halogens is 2. The molecule has 3 amide bonds. The minimum Gasteiger partial charge on any atom is -0.444 e. The predicted molar refractivity (Wildman–Crippen MR) is 227 cm³/mol. The smallest absolute Gasteiger partial charge is 0.411 e. The molecule has 2 saturated carbocycles. The van der Waals surface area contributed by atoms with Crippen LogP contribution in [0.15, 0.2) is 60.8 Å². The van der Waals surface area contributed by atoms with Crippen molar-refractivity contribution in [2.24, 2.45) is 17.3 Å². The van der Waals surface area contributed by atoms with Crippen LogP contribution < -0.4 is 5.32 Å². The van der Waals surface area contributed by atoms with Gasteiger partial charge in [-0.25, -0.2) is 14.8 Å².